The SMILES string of the molecule is CCCC1CCC2C(CCC3C2CCC2(C)C3CC(C)C2C(C)O)C1. The van der Waals surface area contributed by atoms with Crippen LogP contribution < -0.4 is 0 Å². The van der Waals surface area contributed by atoms with Crippen LogP contribution in [0.1, 0.15) is 91.9 Å². The molecule has 10 atom stereocenters. The fourth-order valence-electron chi connectivity index (χ4n) is 9.05. The Balaban J connectivity index is 1.51. The van der Waals surface area contributed by atoms with Crippen molar-refractivity contribution < 1.29 is 5.11 Å². The maximum Gasteiger partial charge on any atom is 0.0548 e. The average Bonchev–Trinajstić information content (AvgIpc) is 2.85. The lowest BCUT2D eigenvalue weighted by molar-refractivity contribution is -0.0841. The Bertz CT molecular complexity index is 471. The molecule has 25 heavy (non-hydrogen) atoms. The Hall–Kier alpha value is -0.0400. The van der Waals surface area contributed by atoms with Gasteiger partial charge < -0.3 is 5.11 Å². The summed E-state index contributed by atoms with van der Waals surface area (Å²) in [5.41, 5.74) is 0.418. The first kappa shape index (κ1) is 18.3. The van der Waals surface area contributed by atoms with E-state index in [-0.39, 0.29) is 6.10 Å². The molecular weight excluding hydrogens is 304 g/mol. The van der Waals surface area contributed by atoms with Crippen LogP contribution >= 0.6 is 0 Å². The Morgan fingerprint density at radius 2 is 1.76 bits per heavy atom. The topological polar surface area (TPSA) is 20.2 Å². The van der Waals surface area contributed by atoms with E-state index in [9.17, 15) is 5.11 Å². The number of fused-ring (bicyclic) bond motifs is 5. The zero-order valence-electron chi connectivity index (χ0n) is 17.2. The predicted octanol–water partition coefficient (Wildman–Crippen LogP) is 6.30. The molecule has 10 unspecified atom stereocenters. The van der Waals surface area contributed by atoms with Crippen LogP contribution in [-0.2, 0) is 0 Å². The van der Waals surface area contributed by atoms with Crippen LogP contribution in [0.15, 0.2) is 0 Å². The summed E-state index contributed by atoms with van der Waals surface area (Å²) in [7, 11) is 0. The number of rotatable bonds is 3. The molecule has 0 radical (unpaired) electrons. The lowest BCUT2D eigenvalue weighted by Crippen LogP contribution is -2.49. The molecule has 4 aliphatic rings. The number of aliphatic hydroxyl groups excluding tert-OH is 1. The minimum atomic E-state index is -0.123. The molecule has 4 rings (SSSR count). The summed E-state index contributed by atoms with van der Waals surface area (Å²) in [5.74, 6) is 7.31. The average molecular weight is 347 g/mol. The molecule has 4 aliphatic carbocycles. The van der Waals surface area contributed by atoms with Crippen molar-refractivity contribution in [1.29, 1.82) is 0 Å². The summed E-state index contributed by atoms with van der Waals surface area (Å²) in [6, 6.07) is 0. The molecule has 0 aromatic carbocycles. The van der Waals surface area contributed by atoms with Crippen molar-refractivity contribution in [1.82, 2.24) is 0 Å². The third-order valence-corrected chi connectivity index (χ3v) is 9.72. The lowest BCUT2D eigenvalue weighted by Gasteiger charge is -2.56. The van der Waals surface area contributed by atoms with Gasteiger partial charge >= 0.3 is 0 Å². The van der Waals surface area contributed by atoms with E-state index in [1.165, 1.54) is 57.8 Å². The molecule has 0 saturated heterocycles. The van der Waals surface area contributed by atoms with Crippen molar-refractivity contribution in [3.63, 3.8) is 0 Å². The highest BCUT2D eigenvalue weighted by Gasteiger charge is 2.59. The van der Waals surface area contributed by atoms with Gasteiger partial charge in [-0.1, -0.05) is 40.0 Å². The Morgan fingerprint density at radius 1 is 1.00 bits per heavy atom. The van der Waals surface area contributed by atoms with Gasteiger partial charge in [0.2, 0.25) is 0 Å². The highest BCUT2D eigenvalue weighted by molar-refractivity contribution is 5.08. The third kappa shape index (κ3) is 2.91. The monoisotopic (exact) mass is 346 g/mol. The van der Waals surface area contributed by atoms with Crippen LogP contribution in [0.25, 0.3) is 0 Å². The van der Waals surface area contributed by atoms with E-state index in [0.717, 1.165) is 35.5 Å². The van der Waals surface area contributed by atoms with Gasteiger partial charge in [-0.05, 0) is 105 Å². The molecule has 0 bridgehead atoms. The van der Waals surface area contributed by atoms with E-state index in [4.69, 9.17) is 0 Å². The molecule has 0 aromatic heterocycles. The first-order valence-corrected chi connectivity index (χ1v) is 11.6. The zero-order valence-corrected chi connectivity index (χ0v) is 17.2. The van der Waals surface area contributed by atoms with E-state index < -0.39 is 0 Å². The van der Waals surface area contributed by atoms with Crippen molar-refractivity contribution in [2.75, 3.05) is 0 Å². The standard InChI is InChI=1S/C24H42O/c1-5-6-17-7-9-19-18(14-17)8-10-21-20(19)11-12-24(4)22(21)13-15(2)23(24)16(3)25/h15-23,25H,5-14H2,1-4H3. The summed E-state index contributed by atoms with van der Waals surface area (Å²) in [6.45, 7) is 9.41. The second-order valence-corrected chi connectivity index (χ2v) is 10.9. The van der Waals surface area contributed by atoms with Crippen LogP contribution in [-0.4, -0.2) is 11.2 Å². The molecular formula is C24H42O. The Labute approximate surface area is 156 Å². The van der Waals surface area contributed by atoms with Crippen molar-refractivity contribution >= 4 is 0 Å². The van der Waals surface area contributed by atoms with E-state index in [2.05, 4.69) is 27.7 Å². The molecule has 0 heterocycles. The normalized spacial score (nSPS) is 53.6. The van der Waals surface area contributed by atoms with Gasteiger partial charge in [0.15, 0.2) is 0 Å². The second-order valence-electron chi connectivity index (χ2n) is 10.9. The largest absolute Gasteiger partial charge is 0.393 e. The smallest absolute Gasteiger partial charge is 0.0548 e. The van der Waals surface area contributed by atoms with Gasteiger partial charge in [0.1, 0.15) is 0 Å². The van der Waals surface area contributed by atoms with Gasteiger partial charge in [0.05, 0.1) is 6.10 Å². The van der Waals surface area contributed by atoms with Crippen molar-refractivity contribution in [2.45, 2.75) is 98.0 Å². The van der Waals surface area contributed by atoms with E-state index in [0.29, 0.717) is 17.3 Å². The van der Waals surface area contributed by atoms with Crippen LogP contribution in [0.2, 0.25) is 0 Å². The molecule has 0 spiro atoms. The Kier molecular flexibility index (Phi) is 5.02. The lowest BCUT2D eigenvalue weighted by atomic mass is 9.49. The molecule has 4 fully saturated rings. The van der Waals surface area contributed by atoms with Crippen molar-refractivity contribution in [2.24, 2.45) is 52.8 Å². The fraction of sp³-hybridized carbons (Fsp3) is 1.00. The Morgan fingerprint density at radius 3 is 2.48 bits per heavy atom. The maximum atomic E-state index is 10.5. The predicted molar refractivity (Wildman–Crippen MR) is 105 cm³/mol. The van der Waals surface area contributed by atoms with Gasteiger partial charge in [-0.3, -0.25) is 0 Å². The van der Waals surface area contributed by atoms with E-state index >= 15 is 0 Å². The van der Waals surface area contributed by atoms with Gasteiger partial charge in [-0.25, -0.2) is 0 Å². The highest BCUT2D eigenvalue weighted by atomic mass is 16.3. The van der Waals surface area contributed by atoms with Crippen LogP contribution in [0.4, 0.5) is 0 Å². The van der Waals surface area contributed by atoms with Gasteiger partial charge in [-0.15, -0.1) is 0 Å². The quantitative estimate of drug-likeness (QED) is 0.636. The van der Waals surface area contributed by atoms with Gasteiger partial charge in [0.25, 0.3) is 0 Å². The summed E-state index contributed by atoms with van der Waals surface area (Å²) in [5, 5.41) is 10.5. The minimum Gasteiger partial charge on any atom is -0.393 e. The number of aliphatic hydroxyl groups is 1. The molecule has 1 nitrogen and oxygen atoms in total. The van der Waals surface area contributed by atoms with Crippen molar-refractivity contribution in [3.8, 4) is 0 Å². The summed E-state index contributed by atoms with van der Waals surface area (Å²) in [4.78, 5) is 0. The first-order valence-electron chi connectivity index (χ1n) is 11.6. The summed E-state index contributed by atoms with van der Waals surface area (Å²) >= 11 is 0. The number of hydrogen-bond acceptors (Lipinski definition) is 1. The van der Waals surface area contributed by atoms with Gasteiger partial charge in [0, 0.05) is 0 Å². The van der Waals surface area contributed by atoms with Gasteiger partial charge in [-0.2, -0.15) is 0 Å². The first-order chi connectivity index (χ1) is 12.0. The fourth-order valence-corrected chi connectivity index (χ4v) is 9.05. The molecule has 0 aliphatic heterocycles. The van der Waals surface area contributed by atoms with Crippen LogP contribution in [0, 0.1) is 52.8 Å². The third-order valence-electron chi connectivity index (χ3n) is 9.72. The molecule has 0 aromatic rings. The zero-order chi connectivity index (χ0) is 17.8. The number of hydrogen-bond donors (Lipinski definition) is 1. The van der Waals surface area contributed by atoms with Crippen molar-refractivity contribution in [3.05, 3.63) is 0 Å². The molecule has 0 amide bonds. The molecule has 4 saturated carbocycles. The second kappa shape index (κ2) is 6.84. The van der Waals surface area contributed by atoms with E-state index in [1.54, 1.807) is 6.42 Å². The highest BCUT2D eigenvalue weighted by Crippen LogP contribution is 2.66. The van der Waals surface area contributed by atoms with Crippen LogP contribution in [0.3, 0.4) is 0 Å². The van der Waals surface area contributed by atoms with E-state index in [1.807, 2.05) is 0 Å². The molecule has 144 valence electrons. The van der Waals surface area contributed by atoms with Crippen LogP contribution in [0.5, 0.6) is 0 Å². The maximum absolute atomic E-state index is 10.5. The molecule has 1 N–H and O–H groups in total. The minimum absolute atomic E-state index is 0.123. The summed E-state index contributed by atoms with van der Waals surface area (Å²) < 4.78 is 0. The molecule has 1 heteroatoms. The summed E-state index contributed by atoms with van der Waals surface area (Å²) in [6.07, 6.45) is 14.6.